The van der Waals surface area contributed by atoms with Crippen molar-refractivity contribution >= 4 is 34.8 Å². The fourth-order valence-electron chi connectivity index (χ4n) is 1.57. The van der Waals surface area contributed by atoms with Crippen LogP contribution in [0.3, 0.4) is 0 Å². The highest BCUT2D eigenvalue weighted by atomic mass is 35.5. The summed E-state index contributed by atoms with van der Waals surface area (Å²) in [6, 6.07) is 8.89. The van der Waals surface area contributed by atoms with E-state index < -0.39 is 0 Å². The highest BCUT2D eigenvalue weighted by Gasteiger charge is 2.12. The van der Waals surface area contributed by atoms with Crippen molar-refractivity contribution in [3.05, 3.63) is 51.1 Å². The SMILES string of the molecule is N#CCc1ccnc(-c2ccc(Cl)cc2Cl)c1Cl. The molecule has 2 rings (SSSR count). The van der Waals surface area contributed by atoms with E-state index in [0.717, 1.165) is 5.56 Å². The number of benzene rings is 1. The lowest BCUT2D eigenvalue weighted by Crippen LogP contribution is -1.91. The maximum atomic E-state index is 8.72. The molecule has 2 nitrogen and oxygen atoms in total. The van der Waals surface area contributed by atoms with E-state index in [1.54, 1.807) is 30.5 Å². The quantitative estimate of drug-likeness (QED) is 0.800. The molecule has 1 aromatic carbocycles. The largest absolute Gasteiger partial charge is 0.255 e. The Morgan fingerprint density at radius 3 is 2.61 bits per heavy atom. The van der Waals surface area contributed by atoms with Crippen LogP contribution in [-0.2, 0) is 6.42 Å². The van der Waals surface area contributed by atoms with Crippen LogP contribution in [0.15, 0.2) is 30.5 Å². The number of hydrogen-bond donors (Lipinski definition) is 0. The molecule has 0 aliphatic heterocycles. The van der Waals surface area contributed by atoms with Crippen LogP contribution >= 0.6 is 34.8 Å². The Morgan fingerprint density at radius 2 is 1.94 bits per heavy atom. The van der Waals surface area contributed by atoms with E-state index in [-0.39, 0.29) is 6.42 Å². The third-order valence-corrected chi connectivity index (χ3v) is 3.39. The van der Waals surface area contributed by atoms with Crippen molar-refractivity contribution in [3.8, 4) is 17.3 Å². The second kappa shape index (κ2) is 5.58. The number of aromatic nitrogens is 1. The van der Waals surface area contributed by atoms with Crippen molar-refractivity contribution in [2.75, 3.05) is 0 Å². The summed E-state index contributed by atoms with van der Waals surface area (Å²) in [5.41, 5.74) is 1.99. The molecule has 18 heavy (non-hydrogen) atoms. The number of hydrogen-bond acceptors (Lipinski definition) is 2. The minimum Gasteiger partial charge on any atom is -0.255 e. The molecular formula is C13H7Cl3N2. The van der Waals surface area contributed by atoms with Gasteiger partial charge in [-0.3, -0.25) is 4.98 Å². The van der Waals surface area contributed by atoms with Gasteiger partial charge in [-0.15, -0.1) is 0 Å². The molecule has 0 aliphatic rings. The molecule has 0 saturated heterocycles. The topological polar surface area (TPSA) is 36.7 Å². The van der Waals surface area contributed by atoms with Gasteiger partial charge in [-0.2, -0.15) is 5.26 Å². The van der Waals surface area contributed by atoms with Crippen LogP contribution in [0, 0.1) is 11.3 Å². The molecule has 5 heteroatoms. The van der Waals surface area contributed by atoms with Crippen LogP contribution in [0.2, 0.25) is 15.1 Å². The van der Waals surface area contributed by atoms with Gasteiger partial charge >= 0.3 is 0 Å². The summed E-state index contributed by atoms with van der Waals surface area (Å²) in [4.78, 5) is 4.21. The molecule has 0 spiro atoms. The number of halogens is 3. The normalized spacial score (nSPS) is 10.1. The van der Waals surface area contributed by atoms with Crippen molar-refractivity contribution in [1.82, 2.24) is 4.98 Å². The van der Waals surface area contributed by atoms with Crippen molar-refractivity contribution in [1.29, 1.82) is 5.26 Å². The number of nitriles is 1. The molecule has 0 atom stereocenters. The third kappa shape index (κ3) is 2.59. The van der Waals surface area contributed by atoms with E-state index in [1.807, 2.05) is 0 Å². The molecule has 90 valence electrons. The monoisotopic (exact) mass is 296 g/mol. The second-order valence-electron chi connectivity index (χ2n) is 3.59. The average Bonchev–Trinajstić information content (AvgIpc) is 2.33. The van der Waals surface area contributed by atoms with Crippen LogP contribution in [0.4, 0.5) is 0 Å². The Kier molecular flexibility index (Phi) is 4.08. The maximum absolute atomic E-state index is 8.72. The summed E-state index contributed by atoms with van der Waals surface area (Å²) in [5.74, 6) is 0. The average molecular weight is 298 g/mol. The minimum atomic E-state index is 0.236. The smallest absolute Gasteiger partial charge is 0.0906 e. The fraction of sp³-hybridized carbons (Fsp3) is 0.0769. The molecule has 0 aliphatic carbocycles. The van der Waals surface area contributed by atoms with E-state index >= 15 is 0 Å². The van der Waals surface area contributed by atoms with Crippen molar-refractivity contribution in [2.24, 2.45) is 0 Å². The standard InChI is InChI=1S/C13H7Cl3N2/c14-9-1-2-10(11(15)7-9)13-12(16)8(3-5-17)4-6-18-13/h1-2,4,6-7H,3H2. The Labute approximate surface area is 120 Å². The van der Waals surface area contributed by atoms with Gasteiger partial charge in [0.15, 0.2) is 0 Å². The molecule has 0 amide bonds. The maximum Gasteiger partial charge on any atom is 0.0906 e. The van der Waals surface area contributed by atoms with Gasteiger partial charge in [0, 0.05) is 16.8 Å². The number of rotatable bonds is 2. The van der Waals surface area contributed by atoms with Gasteiger partial charge in [0.1, 0.15) is 0 Å². The lowest BCUT2D eigenvalue weighted by molar-refractivity contribution is 1.21. The Balaban J connectivity index is 2.58. The molecule has 1 heterocycles. The molecule has 0 N–H and O–H groups in total. The first kappa shape index (κ1) is 13.2. The van der Waals surface area contributed by atoms with Crippen LogP contribution in [-0.4, -0.2) is 4.98 Å². The van der Waals surface area contributed by atoms with Crippen molar-refractivity contribution in [3.63, 3.8) is 0 Å². The molecule has 0 unspecified atom stereocenters. The van der Waals surface area contributed by atoms with E-state index in [0.29, 0.717) is 26.3 Å². The molecular weight excluding hydrogens is 291 g/mol. The fourth-order valence-corrected chi connectivity index (χ4v) is 2.35. The van der Waals surface area contributed by atoms with Gasteiger partial charge in [0.05, 0.1) is 28.2 Å². The van der Waals surface area contributed by atoms with E-state index in [9.17, 15) is 0 Å². The van der Waals surface area contributed by atoms with Gasteiger partial charge in [-0.05, 0) is 29.8 Å². The van der Waals surface area contributed by atoms with Gasteiger partial charge < -0.3 is 0 Å². The van der Waals surface area contributed by atoms with E-state index in [1.165, 1.54) is 0 Å². The highest BCUT2D eigenvalue weighted by molar-refractivity contribution is 6.38. The number of nitrogens with zero attached hydrogens (tertiary/aromatic N) is 2. The predicted octanol–water partition coefficient (Wildman–Crippen LogP) is 4.77. The Hall–Kier alpha value is -1.27. The first-order chi connectivity index (χ1) is 8.63. The molecule has 0 fully saturated rings. The zero-order valence-electron chi connectivity index (χ0n) is 9.12. The summed E-state index contributed by atoms with van der Waals surface area (Å²) in [7, 11) is 0. The summed E-state index contributed by atoms with van der Waals surface area (Å²) < 4.78 is 0. The molecule has 0 radical (unpaired) electrons. The van der Waals surface area contributed by atoms with Crippen LogP contribution in [0.1, 0.15) is 5.56 Å². The minimum absolute atomic E-state index is 0.236. The third-order valence-electron chi connectivity index (χ3n) is 2.42. The van der Waals surface area contributed by atoms with Crippen LogP contribution in [0.5, 0.6) is 0 Å². The highest BCUT2D eigenvalue weighted by Crippen LogP contribution is 2.34. The summed E-state index contributed by atoms with van der Waals surface area (Å²) in [6.45, 7) is 0. The Bertz CT molecular complexity index is 633. The van der Waals surface area contributed by atoms with Gasteiger partial charge in [0.2, 0.25) is 0 Å². The summed E-state index contributed by atoms with van der Waals surface area (Å²) in [6.07, 6.45) is 1.85. The predicted molar refractivity (Wildman–Crippen MR) is 74.0 cm³/mol. The van der Waals surface area contributed by atoms with Crippen molar-refractivity contribution < 1.29 is 0 Å². The summed E-state index contributed by atoms with van der Waals surface area (Å²) in [5, 5.41) is 10.2. The van der Waals surface area contributed by atoms with Gasteiger partial charge in [-0.25, -0.2) is 0 Å². The van der Waals surface area contributed by atoms with Crippen LogP contribution < -0.4 is 0 Å². The first-order valence-electron chi connectivity index (χ1n) is 5.09. The molecule has 0 bridgehead atoms. The van der Waals surface area contributed by atoms with E-state index in [2.05, 4.69) is 11.1 Å². The van der Waals surface area contributed by atoms with Gasteiger partial charge in [-0.1, -0.05) is 34.8 Å². The lowest BCUT2D eigenvalue weighted by atomic mass is 10.1. The molecule has 2 aromatic rings. The van der Waals surface area contributed by atoms with Crippen molar-refractivity contribution in [2.45, 2.75) is 6.42 Å². The van der Waals surface area contributed by atoms with Gasteiger partial charge in [0.25, 0.3) is 0 Å². The molecule has 1 aromatic heterocycles. The lowest BCUT2D eigenvalue weighted by Gasteiger charge is -2.08. The zero-order chi connectivity index (χ0) is 13.1. The molecule has 0 saturated carbocycles. The second-order valence-corrected chi connectivity index (χ2v) is 4.81. The van der Waals surface area contributed by atoms with E-state index in [4.69, 9.17) is 40.1 Å². The number of pyridine rings is 1. The first-order valence-corrected chi connectivity index (χ1v) is 6.22. The zero-order valence-corrected chi connectivity index (χ0v) is 11.4. The van der Waals surface area contributed by atoms with Crippen LogP contribution in [0.25, 0.3) is 11.3 Å². The Morgan fingerprint density at radius 1 is 1.17 bits per heavy atom. The summed E-state index contributed by atoms with van der Waals surface area (Å²) >= 11 is 18.2.